The molecule has 0 aliphatic rings. The number of benzene rings is 2. The molecule has 9 nitrogen and oxygen atoms in total. The van der Waals surface area contributed by atoms with Gasteiger partial charge in [0, 0.05) is 5.10 Å². The fraction of sp³-hybridized carbons (Fsp3) is 0.133. The van der Waals surface area contributed by atoms with E-state index in [0.717, 1.165) is 0 Å². The van der Waals surface area contributed by atoms with Crippen LogP contribution in [0.2, 0.25) is 0 Å². The van der Waals surface area contributed by atoms with Crippen molar-refractivity contribution in [1.82, 2.24) is 0 Å². The standard InChI is InChI=1S/C15H15N5O4/c1-23-13-7-3-11(4-8-13)16-18-15(20(21)22)19-17-12-5-9-14(24-2)10-6-12/h3-10,16H,1-2H3/b18-15-,19-17?. The molecular formula is C15H15N5O4. The van der Waals surface area contributed by atoms with E-state index in [1.165, 1.54) is 0 Å². The molecule has 124 valence electrons. The SMILES string of the molecule is COc1ccc(N=N/C(=N/Nc2ccc(OC)cc2)[N+](=O)[O-])cc1. The molecule has 0 saturated carbocycles. The van der Waals surface area contributed by atoms with E-state index in [-0.39, 0.29) is 0 Å². The lowest BCUT2D eigenvalue weighted by Crippen LogP contribution is -2.10. The molecular weight excluding hydrogens is 314 g/mol. The molecule has 0 aliphatic heterocycles. The Labute approximate surface area is 137 Å². The van der Waals surface area contributed by atoms with Crippen molar-refractivity contribution in [1.29, 1.82) is 0 Å². The van der Waals surface area contributed by atoms with Crippen LogP contribution in [0, 0.1) is 10.1 Å². The predicted molar refractivity (Wildman–Crippen MR) is 88.6 cm³/mol. The summed E-state index contributed by atoms with van der Waals surface area (Å²) >= 11 is 0. The van der Waals surface area contributed by atoms with E-state index in [0.29, 0.717) is 22.9 Å². The molecule has 0 aliphatic carbocycles. The highest BCUT2D eigenvalue weighted by Gasteiger charge is 2.12. The fourth-order valence-corrected chi connectivity index (χ4v) is 1.63. The zero-order valence-electron chi connectivity index (χ0n) is 13.0. The third kappa shape index (κ3) is 4.77. The van der Waals surface area contributed by atoms with Crippen LogP contribution >= 0.6 is 0 Å². The maximum atomic E-state index is 11.0. The number of methoxy groups -OCH3 is 2. The first-order valence-corrected chi connectivity index (χ1v) is 6.80. The molecule has 0 fully saturated rings. The Morgan fingerprint density at radius 3 is 2.04 bits per heavy atom. The Kier molecular flexibility index (Phi) is 5.78. The van der Waals surface area contributed by atoms with Crippen molar-refractivity contribution in [3.63, 3.8) is 0 Å². The van der Waals surface area contributed by atoms with Crippen molar-refractivity contribution in [2.24, 2.45) is 15.3 Å². The Balaban J connectivity index is 2.09. The Bertz CT molecular complexity index is 741. The Morgan fingerprint density at radius 1 is 1.00 bits per heavy atom. The lowest BCUT2D eigenvalue weighted by molar-refractivity contribution is -0.352. The molecule has 0 aromatic heterocycles. The monoisotopic (exact) mass is 329 g/mol. The molecule has 9 heteroatoms. The quantitative estimate of drug-likeness (QED) is 0.297. The zero-order valence-corrected chi connectivity index (χ0v) is 13.0. The zero-order chi connectivity index (χ0) is 17.4. The van der Waals surface area contributed by atoms with Gasteiger partial charge in [0.1, 0.15) is 17.2 Å². The van der Waals surface area contributed by atoms with Gasteiger partial charge in [0.2, 0.25) is 0 Å². The van der Waals surface area contributed by atoms with Crippen LogP contribution in [0.25, 0.3) is 0 Å². The largest absolute Gasteiger partial charge is 0.511 e. The van der Waals surface area contributed by atoms with Crippen LogP contribution in [-0.2, 0) is 0 Å². The molecule has 0 radical (unpaired) electrons. The maximum absolute atomic E-state index is 11.0. The summed E-state index contributed by atoms with van der Waals surface area (Å²) < 4.78 is 10.0. The predicted octanol–water partition coefficient (Wildman–Crippen LogP) is 3.45. The molecule has 1 N–H and O–H groups in total. The highest BCUT2D eigenvalue weighted by Crippen LogP contribution is 2.18. The van der Waals surface area contributed by atoms with Crippen molar-refractivity contribution in [2.45, 2.75) is 0 Å². The smallest absolute Gasteiger partial charge is 0.497 e. The third-order valence-corrected chi connectivity index (χ3v) is 2.87. The maximum Gasteiger partial charge on any atom is 0.511 e. The van der Waals surface area contributed by atoms with E-state index < -0.39 is 10.9 Å². The van der Waals surface area contributed by atoms with Gasteiger partial charge in [-0.05, 0) is 53.5 Å². The van der Waals surface area contributed by atoms with E-state index in [2.05, 4.69) is 20.8 Å². The average molecular weight is 329 g/mol. The molecule has 2 aromatic carbocycles. The molecule has 0 spiro atoms. The molecule has 2 rings (SSSR count). The number of ether oxygens (including phenoxy) is 2. The van der Waals surface area contributed by atoms with Crippen molar-refractivity contribution >= 4 is 17.3 Å². The number of hydrogen-bond donors (Lipinski definition) is 1. The van der Waals surface area contributed by atoms with Gasteiger partial charge < -0.3 is 19.6 Å². The number of anilines is 1. The van der Waals surface area contributed by atoms with Gasteiger partial charge in [-0.1, -0.05) is 5.11 Å². The second kappa shape index (κ2) is 8.22. The number of hydrogen-bond acceptors (Lipinski definition) is 7. The minimum absolute atomic E-state index is 0.440. The first kappa shape index (κ1) is 16.9. The van der Waals surface area contributed by atoms with E-state index in [1.807, 2.05) is 0 Å². The van der Waals surface area contributed by atoms with E-state index in [9.17, 15) is 10.1 Å². The number of rotatable bonds is 5. The van der Waals surface area contributed by atoms with Crippen molar-refractivity contribution < 1.29 is 14.4 Å². The summed E-state index contributed by atoms with van der Waals surface area (Å²) in [6.45, 7) is 0. The number of nitrogens with one attached hydrogen (secondary N) is 1. The number of hydrazone groups is 1. The number of nitrogens with zero attached hydrogens (tertiary/aromatic N) is 4. The molecule has 0 saturated heterocycles. The van der Waals surface area contributed by atoms with Gasteiger partial charge >= 0.3 is 5.96 Å². The lowest BCUT2D eigenvalue weighted by atomic mass is 10.3. The van der Waals surface area contributed by atoms with Crippen LogP contribution in [0.15, 0.2) is 63.9 Å². The summed E-state index contributed by atoms with van der Waals surface area (Å²) in [4.78, 5) is 10.3. The van der Waals surface area contributed by atoms with Crippen molar-refractivity contribution in [3.05, 3.63) is 58.6 Å². The molecule has 0 amide bonds. The summed E-state index contributed by atoms with van der Waals surface area (Å²) in [6.07, 6.45) is 0. The van der Waals surface area contributed by atoms with Gasteiger partial charge in [0.25, 0.3) is 0 Å². The number of guanidine groups is 1. The minimum atomic E-state index is -0.733. The minimum Gasteiger partial charge on any atom is -0.497 e. The molecule has 0 bridgehead atoms. The highest BCUT2D eigenvalue weighted by atomic mass is 16.6. The van der Waals surface area contributed by atoms with Gasteiger partial charge in [-0.25, -0.2) is 5.43 Å². The topological polar surface area (TPSA) is 111 Å². The summed E-state index contributed by atoms with van der Waals surface area (Å²) in [5.74, 6) is 0.651. The van der Waals surface area contributed by atoms with E-state index in [1.54, 1.807) is 62.8 Å². The van der Waals surface area contributed by atoms with Gasteiger partial charge in [-0.3, -0.25) is 0 Å². The third-order valence-electron chi connectivity index (χ3n) is 2.87. The second-order valence-corrected chi connectivity index (χ2v) is 4.41. The Hall–Kier alpha value is -3.49. The second-order valence-electron chi connectivity index (χ2n) is 4.41. The first-order chi connectivity index (χ1) is 11.6. The normalized spacial score (nSPS) is 11.3. The van der Waals surface area contributed by atoms with Crippen LogP contribution in [-0.4, -0.2) is 25.1 Å². The fourth-order valence-electron chi connectivity index (χ4n) is 1.63. The summed E-state index contributed by atoms with van der Waals surface area (Å²) in [6, 6.07) is 13.3. The highest BCUT2D eigenvalue weighted by molar-refractivity contribution is 5.73. The van der Waals surface area contributed by atoms with Crippen LogP contribution in [0.4, 0.5) is 11.4 Å². The summed E-state index contributed by atoms with van der Waals surface area (Å²) in [5, 5.41) is 21.9. The van der Waals surface area contributed by atoms with Crippen LogP contribution < -0.4 is 14.9 Å². The van der Waals surface area contributed by atoms with Crippen LogP contribution in [0.5, 0.6) is 11.5 Å². The summed E-state index contributed by atoms with van der Waals surface area (Å²) in [5.41, 5.74) is 3.54. The van der Waals surface area contributed by atoms with Crippen molar-refractivity contribution in [3.8, 4) is 11.5 Å². The molecule has 2 aromatic rings. The number of azo groups is 1. The van der Waals surface area contributed by atoms with Crippen LogP contribution in [0.1, 0.15) is 0 Å². The van der Waals surface area contributed by atoms with Crippen molar-refractivity contribution in [2.75, 3.05) is 19.6 Å². The van der Waals surface area contributed by atoms with Gasteiger partial charge in [0.05, 0.1) is 25.0 Å². The van der Waals surface area contributed by atoms with Crippen LogP contribution in [0.3, 0.4) is 0 Å². The first-order valence-electron chi connectivity index (χ1n) is 6.80. The molecule has 0 heterocycles. The van der Waals surface area contributed by atoms with E-state index >= 15 is 0 Å². The number of nitro groups is 1. The average Bonchev–Trinajstić information content (AvgIpc) is 2.62. The van der Waals surface area contributed by atoms with Gasteiger partial charge in [-0.2, -0.15) is 0 Å². The van der Waals surface area contributed by atoms with E-state index in [4.69, 9.17) is 9.47 Å². The van der Waals surface area contributed by atoms with Gasteiger partial charge in [-0.15, -0.1) is 0 Å². The molecule has 0 atom stereocenters. The summed E-state index contributed by atoms with van der Waals surface area (Å²) in [7, 11) is 3.09. The Morgan fingerprint density at radius 2 is 1.54 bits per heavy atom. The molecule has 0 unspecified atom stereocenters. The van der Waals surface area contributed by atoms with Gasteiger partial charge in [0.15, 0.2) is 0 Å². The lowest BCUT2D eigenvalue weighted by Gasteiger charge is -2.00. The molecule has 24 heavy (non-hydrogen) atoms.